The Balaban J connectivity index is 1.46. The Morgan fingerprint density at radius 3 is 2.56 bits per heavy atom. The van der Waals surface area contributed by atoms with Gasteiger partial charge in [-0.3, -0.25) is 0 Å². The fraction of sp³-hybridized carbons (Fsp3) is 0.250. The van der Waals surface area contributed by atoms with Gasteiger partial charge in [-0.2, -0.15) is 10.1 Å². The molecule has 1 aliphatic heterocycles. The first-order valence-corrected chi connectivity index (χ1v) is 9.40. The zero-order valence-corrected chi connectivity index (χ0v) is 15.9. The fourth-order valence-corrected chi connectivity index (χ4v) is 3.32. The van der Waals surface area contributed by atoms with E-state index in [1.807, 2.05) is 25.1 Å². The number of hydrogen-bond donors (Lipinski definition) is 2. The highest BCUT2D eigenvalue weighted by Gasteiger charge is 2.12. The number of hydrogen-bond acceptors (Lipinski definition) is 6. The monoisotopic (exact) mass is 380 g/mol. The van der Waals surface area contributed by atoms with E-state index in [0.29, 0.717) is 16.8 Å². The van der Waals surface area contributed by atoms with Crippen LogP contribution in [-0.2, 0) is 0 Å². The summed E-state index contributed by atoms with van der Waals surface area (Å²) < 4.78 is 0. The van der Waals surface area contributed by atoms with E-state index in [2.05, 4.69) is 55.0 Å². The molecular formula is C20H21ClN6. The first-order valence-electron chi connectivity index (χ1n) is 9.02. The molecule has 27 heavy (non-hydrogen) atoms. The van der Waals surface area contributed by atoms with Crippen molar-refractivity contribution in [2.75, 3.05) is 28.6 Å². The van der Waals surface area contributed by atoms with Gasteiger partial charge in [0.15, 0.2) is 5.82 Å². The van der Waals surface area contributed by atoms with Gasteiger partial charge in [0.05, 0.1) is 6.20 Å². The van der Waals surface area contributed by atoms with Crippen LogP contribution in [0.25, 0.3) is 0 Å². The van der Waals surface area contributed by atoms with Crippen molar-refractivity contribution in [1.82, 2.24) is 15.2 Å². The molecule has 4 rings (SSSR count). The van der Waals surface area contributed by atoms with Crippen LogP contribution < -0.4 is 15.5 Å². The van der Waals surface area contributed by atoms with Crippen LogP contribution in [0.15, 0.2) is 48.7 Å². The average molecular weight is 381 g/mol. The number of nitrogens with zero attached hydrogens (tertiary/aromatic N) is 4. The summed E-state index contributed by atoms with van der Waals surface area (Å²) in [6, 6.07) is 14.0. The standard InChI is InChI=1S/C20H21ClN6/c1-14-4-5-15(21)12-18(14)24-20-25-19(13-22-26-20)23-16-6-8-17(9-7-16)27-10-2-3-11-27/h4-9,12-13H,2-3,10-11H2,1H3,(H2,23,24,25,26). The molecule has 0 atom stereocenters. The molecule has 0 saturated carbocycles. The summed E-state index contributed by atoms with van der Waals surface area (Å²) in [6.45, 7) is 4.28. The van der Waals surface area contributed by atoms with Crippen LogP contribution in [0.1, 0.15) is 18.4 Å². The molecule has 0 spiro atoms. The third-order valence-corrected chi connectivity index (χ3v) is 4.85. The van der Waals surface area contributed by atoms with Crippen LogP contribution in [-0.4, -0.2) is 28.3 Å². The molecule has 0 unspecified atom stereocenters. The molecule has 2 N–H and O–H groups in total. The highest BCUT2D eigenvalue weighted by atomic mass is 35.5. The first kappa shape index (κ1) is 17.5. The second kappa shape index (κ2) is 7.80. The molecule has 138 valence electrons. The maximum Gasteiger partial charge on any atom is 0.249 e. The molecule has 1 aliphatic rings. The minimum absolute atomic E-state index is 0.416. The topological polar surface area (TPSA) is 66.0 Å². The number of nitrogens with one attached hydrogen (secondary N) is 2. The highest BCUT2D eigenvalue weighted by molar-refractivity contribution is 6.30. The number of aryl methyl sites for hydroxylation is 1. The molecule has 7 heteroatoms. The lowest BCUT2D eigenvalue weighted by molar-refractivity contribution is 0.949. The fourth-order valence-electron chi connectivity index (χ4n) is 3.14. The summed E-state index contributed by atoms with van der Waals surface area (Å²) in [6.07, 6.45) is 4.15. The number of halogens is 1. The van der Waals surface area contributed by atoms with Crippen LogP contribution in [0.5, 0.6) is 0 Å². The third-order valence-electron chi connectivity index (χ3n) is 4.62. The highest BCUT2D eigenvalue weighted by Crippen LogP contribution is 2.25. The van der Waals surface area contributed by atoms with E-state index >= 15 is 0 Å². The van der Waals surface area contributed by atoms with Crippen molar-refractivity contribution >= 4 is 40.4 Å². The summed E-state index contributed by atoms with van der Waals surface area (Å²) in [5.74, 6) is 1.04. The smallest absolute Gasteiger partial charge is 0.249 e. The van der Waals surface area contributed by atoms with Crippen LogP contribution in [0.2, 0.25) is 5.02 Å². The van der Waals surface area contributed by atoms with Gasteiger partial charge >= 0.3 is 0 Å². The van der Waals surface area contributed by atoms with Gasteiger partial charge in [0, 0.05) is 35.2 Å². The quantitative estimate of drug-likeness (QED) is 0.654. The molecule has 0 aliphatic carbocycles. The van der Waals surface area contributed by atoms with E-state index in [0.717, 1.165) is 30.0 Å². The van der Waals surface area contributed by atoms with Gasteiger partial charge in [-0.1, -0.05) is 17.7 Å². The van der Waals surface area contributed by atoms with Crippen molar-refractivity contribution in [2.24, 2.45) is 0 Å². The van der Waals surface area contributed by atoms with E-state index < -0.39 is 0 Å². The Kier molecular flexibility index (Phi) is 5.07. The van der Waals surface area contributed by atoms with Crippen molar-refractivity contribution in [1.29, 1.82) is 0 Å². The number of rotatable bonds is 5. The molecule has 2 heterocycles. The Morgan fingerprint density at radius 1 is 1.00 bits per heavy atom. The second-order valence-electron chi connectivity index (χ2n) is 6.62. The Bertz CT molecular complexity index is 922. The first-order chi connectivity index (χ1) is 13.2. The SMILES string of the molecule is Cc1ccc(Cl)cc1Nc1nncc(Nc2ccc(N3CCCC3)cc2)n1. The number of benzene rings is 2. The second-order valence-corrected chi connectivity index (χ2v) is 7.05. The van der Waals surface area contributed by atoms with Gasteiger partial charge in [0.1, 0.15) is 0 Å². The zero-order valence-electron chi connectivity index (χ0n) is 15.1. The van der Waals surface area contributed by atoms with Crippen molar-refractivity contribution in [2.45, 2.75) is 19.8 Å². The molecule has 0 bridgehead atoms. The van der Waals surface area contributed by atoms with Gasteiger partial charge in [-0.25, -0.2) is 0 Å². The van der Waals surface area contributed by atoms with Gasteiger partial charge in [-0.05, 0) is 61.7 Å². The molecule has 1 fully saturated rings. The lowest BCUT2D eigenvalue weighted by Crippen LogP contribution is -2.17. The Labute approximate surface area is 163 Å². The maximum absolute atomic E-state index is 6.07. The summed E-state index contributed by atoms with van der Waals surface area (Å²) in [4.78, 5) is 6.89. The predicted octanol–water partition coefficient (Wildman–Crippen LogP) is 4.92. The Hall–Kier alpha value is -2.86. The van der Waals surface area contributed by atoms with Crippen molar-refractivity contribution in [3.05, 3.63) is 59.2 Å². The van der Waals surface area contributed by atoms with Gasteiger partial charge < -0.3 is 15.5 Å². The molecule has 1 saturated heterocycles. The summed E-state index contributed by atoms with van der Waals surface area (Å²) in [5.41, 5.74) is 4.14. The summed E-state index contributed by atoms with van der Waals surface area (Å²) >= 11 is 6.07. The molecule has 3 aromatic rings. The van der Waals surface area contributed by atoms with Crippen LogP contribution >= 0.6 is 11.6 Å². The zero-order chi connectivity index (χ0) is 18.6. The van der Waals surface area contributed by atoms with E-state index in [1.165, 1.54) is 18.5 Å². The van der Waals surface area contributed by atoms with Gasteiger partial charge in [0.2, 0.25) is 5.95 Å². The predicted molar refractivity (Wildman–Crippen MR) is 110 cm³/mol. The lowest BCUT2D eigenvalue weighted by atomic mass is 10.2. The number of anilines is 5. The maximum atomic E-state index is 6.07. The van der Waals surface area contributed by atoms with E-state index in [9.17, 15) is 0 Å². The van der Waals surface area contributed by atoms with Crippen molar-refractivity contribution in [3.8, 4) is 0 Å². The van der Waals surface area contributed by atoms with E-state index in [4.69, 9.17) is 11.6 Å². The van der Waals surface area contributed by atoms with Crippen molar-refractivity contribution < 1.29 is 0 Å². The lowest BCUT2D eigenvalue weighted by Gasteiger charge is -2.17. The molecule has 1 aromatic heterocycles. The molecule has 0 radical (unpaired) electrons. The van der Waals surface area contributed by atoms with Crippen LogP contribution in [0.3, 0.4) is 0 Å². The molecule has 2 aromatic carbocycles. The van der Waals surface area contributed by atoms with E-state index in [-0.39, 0.29) is 0 Å². The van der Waals surface area contributed by atoms with E-state index in [1.54, 1.807) is 6.20 Å². The van der Waals surface area contributed by atoms with Crippen LogP contribution in [0.4, 0.5) is 28.8 Å². The third kappa shape index (κ3) is 4.28. The number of aromatic nitrogens is 3. The van der Waals surface area contributed by atoms with Crippen LogP contribution in [0, 0.1) is 6.92 Å². The largest absolute Gasteiger partial charge is 0.372 e. The summed E-state index contributed by atoms with van der Waals surface area (Å²) in [5, 5.41) is 15.2. The Morgan fingerprint density at radius 2 is 1.78 bits per heavy atom. The van der Waals surface area contributed by atoms with Gasteiger partial charge in [0.25, 0.3) is 0 Å². The minimum Gasteiger partial charge on any atom is -0.372 e. The minimum atomic E-state index is 0.416. The molecule has 6 nitrogen and oxygen atoms in total. The van der Waals surface area contributed by atoms with Gasteiger partial charge in [-0.15, -0.1) is 5.10 Å². The summed E-state index contributed by atoms with van der Waals surface area (Å²) in [7, 11) is 0. The molecular weight excluding hydrogens is 360 g/mol. The normalized spacial score (nSPS) is 13.6. The average Bonchev–Trinajstić information content (AvgIpc) is 3.20. The van der Waals surface area contributed by atoms with Crippen molar-refractivity contribution in [3.63, 3.8) is 0 Å². The molecule has 0 amide bonds.